The van der Waals surface area contributed by atoms with Gasteiger partial charge in [-0.1, -0.05) is 18.6 Å². The maximum atomic E-state index is 13.2. The number of benzene rings is 2. The molecule has 2 atom stereocenters. The Kier molecular flexibility index (Phi) is 7.11. The molecule has 2 aliphatic rings. The van der Waals surface area contributed by atoms with Crippen LogP contribution in [0.4, 0.5) is 0 Å². The van der Waals surface area contributed by atoms with Gasteiger partial charge in [-0.25, -0.2) is 4.98 Å². The van der Waals surface area contributed by atoms with Crippen molar-refractivity contribution in [2.45, 2.75) is 56.7 Å². The number of aromatic nitrogens is 1. The zero-order valence-electron chi connectivity index (χ0n) is 20.6. The smallest absolute Gasteiger partial charge is 0.251 e. The molecule has 0 spiro atoms. The van der Waals surface area contributed by atoms with Gasteiger partial charge in [-0.2, -0.15) is 0 Å². The third-order valence-corrected chi connectivity index (χ3v) is 8.41. The van der Waals surface area contributed by atoms with Crippen molar-refractivity contribution in [1.82, 2.24) is 15.2 Å². The average molecular weight is 496 g/mol. The summed E-state index contributed by atoms with van der Waals surface area (Å²) in [4.78, 5) is 20.7. The molecule has 2 bridgehead atoms. The molecule has 0 aliphatic carbocycles. The van der Waals surface area contributed by atoms with Crippen LogP contribution >= 0.6 is 11.3 Å². The van der Waals surface area contributed by atoms with E-state index in [9.17, 15) is 4.79 Å². The Morgan fingerprint density at radius 3 is 2.37 bits per heavy atom. The van der Waals surface area contributed by atoms with Crippen LogP contribution in [0.1, 0.15) is 47.5 Å². The van der Waals surface area contributed by atoms with E-state index in [4.69, 9.17) is 19.2 Å². The van der Waals surface area contributed by atoms with Gasteiger partial charge in [0, 0.05) is 36.7 Å². The molecule has 186 valence electrons. The molecule has 0 saturated carbocycles. The number of piperidine rings is 2. The van der Waals surface area contributed by atoms with Crippen molar-refractivity contribution in [2.75, 3.05) is 27.9 Å². The lowest BCUT2D eigenvalue weighted by molar-refractivity contribution is 0.0253. The van der Waals surface area contributed by atoms with Crippen LogP contribution in [-0.2, 0) is 6.42 Å². The summed E-state index contributed by atoms with van der Waals surface area (Å²) in [6.45, 7) is 1.03. The van der Waals surface area contributed by atoms with Gasteiger partial charge in [0.25, 0.3) is 5.91 Å². The first-order valence-electron chi connectivity index (χ1n) is 12.3. The molecule has 1 N–H and O–H groups in total. The molecule has 8 heteroatoms. The van der Waals surface area contributed by atoms with Gasteiger partial charge in [-0.15, -0.1) is 11.3 Å². The first-order chi connectivity index (χ1) is 17.1. The average Bonchev–Trinajstić information content (AvgIpc) is 3.29. The maximum absolute atomic E-state index is 13.2. The van der Waals surface area contributed by atoms with E-state index in [-0.39, 0.29) is 11.9 Å². The quantitative estimate of drug-likeness (QED) is 0.489. The Bertz CT molecular complexity index is 1120. The first kappa shape index (κ1) is 23.9. The summed E-state index contributed by atoms with van der Waals surface area (Å²) in [5.41, 5.74) is 1.61. The fraction of sp³-hybridized carbons (Fsp3) is 0.481. The second kappa shape index (κ2) is 10.4. The molecule has 5 rings (SSSR count). The van der Waals surface area contributed by atoms with Gasteiger partial charge in [-0.3, -0.25) is 9.69 Å². The number of nitrogens with one attached hydrogen (secondary N) is 1. The van der Waals surface area contributed by atoms with E-state index in [0.717, 1.165) is 31.3 Å². The van der Waals surface area contributed by atoms with Crippen LogP contribution in [0.15, 0.2) is 36.4 Å². The molecular formula is C27H33N3O4S. The number of thiazole rings is 1. The number of hydrogen-bond donors (Lipinski definition) is 1. The molecule has 2 aliphatic heterocycles. The van der Waals surface area contributed by atoms with Crippen molar-refractivity contribution >= 4 is 27.5 Å². The van der Waals surface area contributed by atoms with E-state index in [1.54, 1.807) is 44.8 Å². The third kappa shape index (κ3) is 4.95. The fourth-order valence-corrected chi connectivity index (χ4v) is 6.65. The second-order valence-electron chi connectivity index (χ2n) is 9.36. The lowest BCUT2D eigenvalue weighted by Crippen LogP contribution is -2.57. The highest BCUT2D eigenvalue weighted by Gasteiger charge is 2.38. The summed E-state index contributed by atoms with van der Waals surface area (Å²) in [5, 5.41) is 4.50. The molecule has 2 unspecified atom stereocenters. The number of rotatable bonds is 8. The van der Waals surface area contributed by atoms with Crippen LogP contribution in [-0.4, -0.2) is 61.8 Å². The summed E-state index contributed by atoms with van der Waals surface area (Å²) < 4.78 is 17.5. The Labute approximate surface area is 210 Å². The highest BCUT2D eigenvalue weighted by atomic mass is 32.1. The molecule has 3 heterocycles. The minimum absolute atomic E-state index is 0.102. The summed E-state index contributed by atoms with van der Waals surface area (Å²) in [6, 6.07) is 13.0. The van der Waals surface area contributed by atoms with Crippen molar-refractivity contribution in [1.29, 1.82) is 0 Å². The number of carbonyl (C=O) groups is 1. The minimum atomic E-state index is -0.102. The number of hydrogen-bond acceptors (Lipinski definition) is 7. The second-order valence-corrected chi connectivity index (χ2v) is 10.5. The van der Waals surface area contributed by atoms with E-state index in [1.807, 2.05) is 6.07 Å². The number of methoxy groups -OCH3 is 3. The van der Waals surface area contributed by atoms with Gasteiger partial charge >= 0.3 is 0 Å². The van der Waals surface area contributed by atoms with Crippen LogP contribution in [0.25, 0.3) is 10.2 Å². The summed E-state index contributed by atoms with van der Waals surface area (Å²) >= 11 is 1.80. The van der Waals surface area contributed by atoms with Crippen LogP contribution in [0, 0.1) is 0 Å². The summed E-state index contributed by atoms with van der Waals surface area (Å²) in [5.74, 6) is 1.36. The molecule has 35 heavy (non-hydrogen) atoms. The van der Waals surface area contributed by atoms with E-state index >= 15 is 0 Å². The summed E-state index contributed by atoms with van der Waals surface area (Å²) in [7, 11) is 4.68. The highest BCUT2D eigenvalue weighted by Crippen LogP contribution is 2.39. The summed E-state index contributed by atoms with van der Waals surface area (Å²) in [6.07, 6.45) is 6.58. The number of fused-ring (bicyclic) bond motifs is 3. The van der Waals surface area contributed by atoms with E-state index < -0.39 is 0 Å². The highest BCUT2D eigenvalue weighted by molar-refractivity contribution is 7.18. The molecule has 2 aromatic carbocycles. The van der Waals surface area contributed by atoms with Gasteiger partial charge in [-0.05, 0) is 49.9 Å². The molecule has 0 radical (unpaired) electrons. The number of ether oxygens (including phenoxy) is 3. The lowest BCUT2D eigenvalue weighted by atomic mass is 9.81. The molecule has 3 aromatic rings. The number of para-hydroxylation sites is 1. The topological polar surface area (TPSA) is 72.9 Å². The van der Waals surface area contributed by atoms with Gasteiger partial charge in [0.1, 0.15) is 0 Å². The Balaban J connectivity index is 1.24. The molecule has 7 nitrogen and oxygen atoms in total. The standard InChI is InChI=1S/C27H33N3O4S/c1-32-22-13-17(14-23(33-2)26(22)34-3)27(31)28-18-15-19-7-6-8-20(16-18)30(19)12-11-25-29-21-9-4-5-10-24(21)35-25/h4-5,9-10,13-14,18-20H,6-8,11-12,15-16H2,1-3H3,(H,28,31). The molecule has 1 amide bonds. The van der Waals surface area contributed by atoms with E-state index in [0.29, 0.717) is 34.9 Å². The molecular weight excluding hydrogens is 462 g/mol. The zero-order valence-corrected chi connectivity index (χ0v) is 21.4. The SMILES string of the molecule is COc1cc(C(=O)NC2CC3CCCC(C2)N3CCc2nc3ccccc3s2)cc(OC)c1OC. The maximum Gasteiger partial charge on any atom is 0.251 e. The normalized spacial score (nSPS) is 22.1. The fourth-order valence-electron chi connectivity index (χ4n) is 5.69. The largest absolute Gasteiger partial charge is 0.493 e. The Morgan fingerprint density at radius 1 is 1.06 bits per heavy atom. The molecule has 2 saturated heterocycles. The van der Waals surface area contributed by atoms with E-state index in [2.05, 4.69) is 28.4 Å². The van der Waals surface area contributed by atoms with Gasteiger partial charge < -0.3 is 19.5 Å². The van der Waals surface area contributed by atoms with Gasteiger partial charge in [0.15, 0.2) is 11.5 Å². The van der Waals surface area contributed by atoms with Gasteiger partial charge in [0.05, 0.1) is 36.6 Å². The van der Waals surface area contributed by atoms with Crippen LogP contribution < -0.4 is 19.5 Å². The van der Waals surface area contributed by atoms with Crippen LogP contribution in [0.3, 0.4) is 0 Å². The minimum Gasteiger partial charge on any atom is -0.493 e. The Morgan fingerprint density at radius 2 is 1.74 bits per heavy atom. The van der Waals surface area contributed by atoms with Crippen LogP contribution in [0.2, 0.25) is 0 Å². The third-order valence-electron chi connectivity index (χ3n) is 7.31. The van der Waals surface area contributed by atoms with Gasteiger partial charge in [0.2, 0.25) is 5.75 Å². The molecule has 1 aromatic heterocycles. The van der Waals surface area contributed by atoms with Crippen molar-refractivity contribution in [2.24, 2.45) is 0 Å². The monoisotopic (exact) mass is 495 g/mol. The number of amides is 1. The predicted octanol–water partition coefficient (Wildman–Crippen LogP) is 4.68. The first-order valence-corrected chi connectivity index (χ1v) is 13.1. The number of carbonyl (C=O) groups excluding carboxylic acids is 1. The lowest BCUT2D eigenvalue weighted by Gasteiger charge is -2.49. The number of nitrogens with zero attached hydrogens (tertiary/aromatic N) is 2. The van der Waals surface area contributed by atoms with Crippen molar-refractivity contribution in [3.8, 4) is 17.2 Å². The van der Waals surface area contributed by atoms with Crippen molar-refractivity contribution in [3.63, 3.8) is 0 Å². The zero-order chi connectivity index (χ0) is 24.4. The van der Waals surface area contributed by atoms with Crippen LogP contribution in [0.5, 0.6) is 17.2 Å². The molecule has 2 fully saturated rings. The van der Waals surface area contributed by atoms with E-state index in [1.165, 1.54) is 29.0 Å². The Hall–Kier alpha value is -2.84. The predicted molar refractivity (Wildman–Crippen MR) is 138 cm³/mol. The van der Waals surface area contributed by atoms with Crippen molar-refractivity contribution < 1.29 is 19.0 Å². The van der Waals surface area contributed by atoms with Crippen molar-refractivity contribution in [3.05, 3.63) is 47.0 Å².